The molecular formula is C17H36N2O2. The van der Waals surface area contributed by atoms with E-state index >= 15 is 0 Å². The van der Waals surface area contributed by atoms with E-state index in [0.29, 0.717) is 6.61 Å². The van der Waals surface area contributed by atoms with Crippen molar-refractivity contribution in [3.8, 4) is 0 Å². The Morgan fingerprint density at radius 2 is 1.52 bits per heavy atom. The lowest BCUT2D eigenvalue weighted by atomic mass is 10.1. The summed E-state index contributed by atoms with van der Waals surface area (Å²) in [5, 5.41) is 3.40. The first-order chi connectivity index (χ1) is 10.3. The zero-order valence-corrected chi connectivity index (χ0v) is 14.5. The first-order valence-electron chi connectivity index (χ1n) is 8.77. The molecule has 0 heterocycles. The molecule has 0 bridgehead atoms. The number of aliphatic imine (C=N–C) groups is 1. The molecule has 0 aromatic carbocycles. The van der Waals surface area contributed by atoms with Crippen molar-refractivity contribution in [2.24, 2.45) is 4.99 Å². The van der Waals surface area contributed by atoms with E-state index in [-0.39, 0.29) is 0 Å². The van der Waals surface area contributed by atoms with Crippen molar-refractivity contribution in [2.75, 3.05) is 39.5 Å². The van der Waals surface area contributed by atoms with Gasteiger partial charge in [0.2, 0.25) is 0 Å². The number of nitrogens with one attached hydrogen (secondary N) is 1. The Morgan fingerprint density at radius 1 is 0.857 bits per heavy atom. The third kappa shape index (κ3) is 15.6. The van der Waals surface area contributed by atoms with Gasteiger partial charge in [-0.3, -0.25) is 4.99 Å². The van der Waals surface area contributed by atoms with Gasteiger partial charge in [-0.1, -0.05) is 39.0 Å². The highest BCUT2D eigenvalue weighted by Gasteiger charge is 1.99. The molecule has 0 aliphatic rings. The Morgan fingerprint density at radius 3 is 2.24 bits per heavy atom. The van der Waals surface area contributed by atoms with Gasteiger partial charge in [0.05, 0.1) is 25.6 Å². The summed E-state index contributed by atoms with van der Waals surface area (Å²) in [7, 11) is 0. The molecule has 0 amide bonds. The third-order valence-corrected chi connectivity index (χ3v) is 3.29. The summed E-state index contributed by atoms with van der Waals surface area (Å²) in [4.78, 5) is 4.62. The fraction of sp³-hybridized carbons (Fsp3) is 0.941. The fourth-order valence-corrected chi connectivity index (χ4v) is 2.10. The van der Waals surface area contributed by atoms with Crippen LogP contribution in [0.1, 0.15) is 65.7 Å². The van der Waals surface area contributed by atoms with Crippen molar-refractivity contribution < 1.29 is 9.47 Å². The molecule has 0 atom stereocenters. The number of ether oxygens (including phenoxy) is 2. The summed E-state index contributed by atoms with van der Waals surface area (Å²) in [5.41, 5.74) is 0. The first kappa shape index (κ1) is 20.4. The van der Waals surface area contributed by atoms with Crippen LogP contribution in [0.5, 0.6) is 0 Å². The van der Waals surface area contributed by atoms with Gasteiger partial charge in [-0.15, -0.1) is 0 Å². The predicted octanol–water partition coefficient (Wildman–Crippen LogP) is 3.80. The average Bonchev–Trinajstić information content (AvgIpc) is 2.50. The van der Waals surface area contributed by atoms with E-state index in [2.05, 4.69) is 17.2 Å². The normalized spacial score (nSPS) is 11.9. The Balaban J connectivity index is 3.82. The Labute approximate surface area is 131 Å². The zero-order valence-electron chi connectivity index (χ0n) is 14.5. The molecule has 21 heavy (non-hydrogen) atoms. The molecule has 4 nitrogen and oxygen atoms in total. The van der Waals surface area contributed by atoms with Crippen molar-refractivity contribution in [3.63, 3.8) is 0 Å². The number of amidine groups is 1. The predicted molar refractivity (Wildman–Crippen MR) is 91.3 cm³/mol. The van der Waals surface area contributed by atoms with Gasteiger partial charge in [0.25, 0.3) is 0 Å². The van der Waals surface area contributed by atoms with Crippen molar-refractivity contribution in [1.82, 2.24) is 5.32 Å². The van der Waals surface area contributed by atoms with E-state index in [1.807, 2.05) is 13.8 Å². The van der Waals surface area contributed by atoms with Crippen LogP contribution < -0.4 is 5.32 Å². The van der Waals surface area contributed by atoms with Crippen LogP contribution in [-0.4, -0.2) is 45.4 Å². The second kappa shape index (κ2) is 17.4. The fourth-order valence-electron chi connectivity index (χ4n) is 2.10. The summed E-state index contributed by atoms with van der Waals surface area (Å²) in [6, 6.07) is 0. The van der Waals surface area contributed by atoms with Gasteiger partial charge in [0.1, 0.15) is 0 Å². The Hall–Kier alpha value is -0.610. The van der Waals surface area contributed by atoms with E-state index in [4.69, 9.17) is 9.47 Å². The maximum Gasteiger partial charge on any atom is 0.0964 e. The summed E-state index contributed by atoms with van der Waals surface area (Å²) in [6.45, 7) is 10.9. The van der Waals surface area contributed by atoms with Gasteiger partial charge in [-0.2, -0.15) is 0 Å². The van der Waals surface area contributed by atoms with Crippen molar-refractivity contribution >= 4 is 5.84 Å². The maximum atomic E-state index is 5.35. The van der Waals surface area contributed by atoms with E-state index in [1.54, 1.807) is 0 Å². The smallest absolute Gasteiger partial charge is 0.0964 e. The molecule has 0 aliphatic heterocycles. The van der Waals surface area contributed by atoms with Crippen LogP contribution >= 0.6 is 0 Å². The molecule has 0 rings (SSSR count). The van der Waals surface area contributed by atoms with Crippen LogP contribution in [-0.2, 0) is 9.47 Å². The van der Waals surface area contributed by atoms with Crippen LogP contribution in [0.4, 0.5) is 0 Å². The molecule has 0 aromatic heterocycles. The lowest BCUT2D eigenvalue weighted by Gasteiger charge is -2.10. The molecule has 0 spiro atoms. The number of hydrogen-bond acceptors (Lipinski definition) is 3. The van der Waals surface area contributed by atoms with E-state index in [9.17, 15) is 0 Å². The second-order valence-corrected chi connectivity index (χ2v) is 5.17. The van der Waals surface area contributed by atoms with E-state index in [0.717, 1.165) is 45.2 Å². The van der Waals surface area contributed by atoms with Crippen molar-refractivity contribution in [2.45, 2.75) is 65.7 Å². The highest BCUT2D eigenvalue weighted by molar-refractivity contribution is 5.82. The summed E-state index contributed by atoms with van der Waals surface area (Å²) >= 11 is 0. The quantitative estimate of drug-likeness (QED) is 0.284. The van der Waals surface area contributed by atoms with Crippen molar-refractivity contribution in [1.29, 1.82) is 0 Å². The van der Waals surface area contributed by atoms with Gasteiger partial charge < -0.3 is 14.8 Å². The molecule has 0 saturated heterocycles. The second-order valence-electron chi connectivity index (χ2n) is 5.17. The minimum absolute atomic E-state index is 0.712. The van der Waals surface area contributed by atoms with Gasteiger partial charge in [0, 0.05) is 26.2 Å². The first-order valence-corrected chi connectivity index (χ1v) is 8.77. The molecule has 0 saturated carbocycles. The number of nitrogens with zero attached hydrogens (tertiary/aromatic N) is 1. The monoisotopic (exact) mass is 300 g/mol. The molecule has 0 radical (unpaired) electrons. The van der Waals surface area contributed by atoms with Gasteiger partial charge in [-0.05, 0) is 20.3 Å². The molecule has 0 aliphatic carbocycles. The van der Waals surface area contributed by atoms with Crippen LogP contribution in [0, 0.1) is 0 Å². The molecule has 126 valence electrons. The molecular weight excluding hydrogens is 264 g/mol. The Kier molecular flexibility index (Phi) is 16.9. The minimum atomic E-state index is 0.712. The van der Waals surface area contributed by atoms with Crippen LogP contribution in [0.3, 0.4) is 0 Å². The Bertz CT molecular complexity index is 233. The highest BCUT2D eigenvalue weighted by atomic mass is 16.5. The van der Waals surface area contributed by atoms with Crippen LogP contribution in [0.25, 0.3) is 0 Å². The lowest BCUT2D eigenvalue weighted by Crippen LogP contribution is -2.28. The molecule has 4 heteroatoms. The van der Waals surface area contributed by atoms with Gasteiger partial charge in [-0.25, -0.2) is 0 Å². The third-order valence-electron chi connectivity index (χ3n) is 3.29. The summed E-state index contributed by atoms with van der Waals surface area (Å²) < 4.78 is 10.7. The molecule has 0 fully saturated rings. The molecule has 0 unspecified atom stereocenters. The van der Waals surface area contributed by atoms with Crippen molar-refractivity contribution in [3.05, 3.63) is 0 Å². The topological polar surface area (TPSA) is 42.8 Å². The zero-order chi connectivity index (χ0) is 15.6. The molecule has 0 aromatic rings. The number of rotatable bonds is 15. The maximum absolute atomic E-state index is 5.35. The van der Waals surface area contributed by atoms with E-state index in [1.165, 1.54) is 38.5 Å². The highest BCUT2D eigenvalue weighted by Crippen LogP contribution is 2.07. The number of unbranched alkanes of at least 4 members (excludes halogenated alkanes) is 5. The molecule has 1 N–H and O–H groups in total. The lowest BCUT2D eigenvalue weighted by molar-refractivity contribution is 0.152. The van der Waals surface area contributed by atoms with Crippen LogP contribution in [0.15, 0.2) is 4.99 Å². The van der Waals surface area contributed by atoms with Crippen LogP contribution in [0.2, 0.25) is 0 Å². The summed E-state index contributed by atoms with van der Waals surface area (Å²) in [6.07, 6.45) is 8.95. The average molecular weight is 300 g/mol. The SMILES string of the molecule is CCCCCCCCC(=NCCOCC)NCCOCC. The largest absolute Gasteiger partial charge is 0.380 e. The number of hydrogen-bond donors (Lipinski definition) is 1. The van der Waals surface area contributed by atoms with Gasteiger partial charge >= 0.3 is 0 Å². The summed E-state index contributed by atoms with van der Waals surface area (Å²) in [5.74, 6) is 1.12. The standard InChI is InChI=1S/C17H36N2O2/c1-4-7-8-9-10-11-12-17(18-13-15-20-5-2)19-14-16-21-6-3/h4-16H2,1-3H3,(H,18,19). The minimum Gasteiger partial charge on any atom is -0.380 e. The van der Waals surface area contributed by atoms with Gasteiger partial charge in [0.15, 0.2) is 0 Å². The van der Waals surface area contributed by atoms with E-state index < -0.39 is 0 Å².